The fraction of sp³-hybridized carbons (Fsp3) is 0.421. The number of hydrogen-bond donors (Lipinski definition) is 2. The molecule has 28 heavy (non-hydrogen) atoms. The van der Waals surface area contributed by atoms with Crippen LogP contribution in [0, 0.1) is 0 Å². The summed E-state index contributed by atoms with van der Waals surface area (Å²) in [5.74, 6) is -0.470. The molecule has 3 rings (SSSR count). The van der Waals surface area contributed by atoms with E-state index in [9.17, 15) is 24.6 Å². The summed E-state index contributed by atoms with van der Waals surface area (Å²) < 4.78 is 12.6. The highest BCUT2D eigenvalue weighted by molar-refractivity contribution is 5.68. The second-order valence-electron chi connectivity index (χ2n) is 6.50. The molecule has 0 radical (unpaired) electrons. The largest absolute Gasteiger partial charge is 0.463 e. The lowest BCUT2D eigenvalue weighted by molar-refractivity contribution is -0.149. The minimum Gasteiger partial charge on any atom is -0.463 e. The van der Waals surface area contributed by atoms with E-state index in [0.29, 0.717) is 0 Å². The van der Waals surface area contributed by atoms with Crippen molar-refractivity contribution in [2.45, 2.75) is 44.4 Å². The van der Waals surface area contributed by atoms with Crippen molar-refractivity contribution in [1.29, 1.82) is 0 Å². The second kappa shape index (κ2) is 8.51. The maximum Gasteiger partial charge on any atom is 0.333 e. The molecule has 1 aliphatic heterocycles. The number of nitrogens with zero attached hydrogens (tertiary/aromatic N) is 2. The van der Waals surface area contributed by atoms with Crippen LogP contribution in [0.4, 0.5) is 0 Å². The number of aliphatic hydroxyl groups excluding tert-OH is 2. The molecule has 0 unspecified atom stereocenters. The highest BCUT2D eigenvalue weighted by Crippen LogP contribution is 2.28. The molecule has 2 heterocycles. The molecular weight excluding hydrogens is 368 g/mol. The van der Waals surface area contributed by atoms with Crippen LogP contribution < -0.4 is 11.2 Å². The van der Waals surface area contributed by atoms with E-state index >= 15 is 0 Å². The Bertz CT molecular complexity index is 937. The van der Waals surface area contributed by atoms with Crippen LogP contribution in [0.5, 0.6) is 0 Å². The zero-order valence-corrected chi connectivity index (χ0v) is 15.3. The fourth-order valence-corrected chi connectivity index (χ4v) is 3.01. The number of rotatable bonds is 6. The number of aromatic nitrogens is 2. The van der Waals surface area contributed by atoms with Gasteiger partial charge in [-0.3, -0.25) is 18.7 Å². The molecule has 4 atom stereocenters. The van der Waals surface area contributed by atoms with E-state index in [0.717, 1.165) is 14.7 Å². The van der Waals surface area contributed by atoms with Crippen molar-refractivity contribution in [3.05, 3.63) is 69.0 Å². The highest BCUT2D eigenvalue weighted by atomic mass is 16.6. The van der Waals surface area contributed by atoms with E-state index in [-0.39, 0.29) is 19.6 Å². The number of esters is 1. The summed E-state index contributed by atoms with van der Waals surface area (Å²) in [5.41, 5.74) is -0.415. The third kappa shape index (κ3) is 4.06. The molecule has 1 fully saturated rings. The van der Waals surface area contributed by atoms with E-state index in [4.69, 9.17) is 9.47 Å². The SMILES string of the molecule is CCC(=O)OC[C@H]1O[C@@H](n2ccc(=O)n(Cc3ccccc3)c2=O)[C@H](O)[C@@H]1O. The lowest BCUT2D eigenvalue weighted by Crippen LogP contribution is -2.43. The summed E-state index contributed by atoms with van der Waals surface area (Å²) in [6, 6.07) is 10.2. The Kier molecular flexibility index (Phi) is 6.08. The molecule has 2 N–H and O–H groups in total. The molecule has 1 aromatic carbocycles. The molecule has 9 nitrogen and oxygen atoms in total. The van der Waals surface area contributed by atoms with Gasteiger partial charge in [0.05, 0.1) is 6.54 Å². The van der Waals surface area contributed by atoms with Crippen molar-refractivity contribution in [2.75, 3.05) is 6.61 Å². The van der Waals surface area contributed by atoms with E-state index in [1.807, 2.05) is 6.07 Å². The Hall–Kier alpha value is -2.75. The molecular formula is C19H22N2O7. The monoisotopic (exact) mass is 390 g/mol. The lowest BCUT2D eigenvalue weighted by atomic mass is 10.1. The van der Waals surface area contributed by atoms with Crippen molar-refractivity contribution in [3.63, 3.8) is 0 Å². The van der Waals surface area contributed by atoms with Gasteiger partial charge in [-0.2, -0.15) is 0 Å². The van der Waals surface area contributed by atoms with Crippen LogP contribution in [0.2, 0.25) is 0 Å². The first-order chi connectivity index (χ1) is 13.4. The van der Waals surface area contributed by atoms with Gasteiger partial charge in [0.1, 0.15) is 24.9 Å². The number of hydrogen-bond acceptors (Lipinski definition) is 7. The van der Waals surface area contributed by atoms with Gasteiger partial charge in [-0.1, -0.05) is 37.3 Å². The lowest BCUT2D eigenvalue weighted by Gasteiger charge is -2.18. The first-order valence-corrected chi connectivity index (χ1v) is 8.95. The molecule has 1 saturated heterocycles. The van der Waals surface area contributed by atoms with Crippen LogP contribution in [-0.4, -0.2) is 50.2 Å². The molecule has 9 heteroatoms. The van der Waals surface area contributed by atoms with Crippen LogP contribution in [-0.2, 0) is 20.8 Å². The smallest absolute Gasteiger partial charge is 0.333 e. The molecule has 0 aliphatic carbocycles. The quantitative estimate of drug-likeness (QED) is 0.646. The van der Waals surface area contributed by atoms with Gasteiger partial charge in [-0.15, -0.1) is 0 Å². The Labute approximate surface area is 160 Å². The Morgan fingerprint density at radius 3 is 2.54 bits per heavy atom. The van der Waals surface area contributed by atoms with E-state index in [1.54, 1.807) is 31.2 Å². The third-order valence-corrected chi connectivity index (χ3v) is 4.59. The third-order valence-electron chi connectivity index (χ3n) is 4.59. The predicted octanol–water partition coefficient (Wildman–Crippen LogP) is -0.369. The molecule has 1 aliphatic rings. The summed E-state index contributed by atoms with van der Waals surface area (Å²) in [4.78, 5) is 36.3. The van der Waals surface area contributed by atoms with Gasteiger partial charge in [0.2, 0.25) is 0 Å². The van der Waals surface area contributed by atoms with Gasteiger partial charge < -0.3 is 19.7 Å². The molecule has 0 amide bonds. The Balaban J connectivity index is 1.85. The van der Waals surface area contributed by atoms with Gasteiger partial charge in [-0.25, -0.2) is 4.79 Å². The number of aliphatic hydroxyl groups is 2. The van der Waals surface area contributed by atoms with Crippen LogP contribution in [0.25, 0.3) is 0 Å². The first kappa shape index (κ1) is 20.0. The van der Waals surface area contributed by atoms with Crippen molar-refractivity contribution in [3.8, 4) is 0 Å². The Morgan fingerprint density at radius 1 is 1.14 bits per heavy atom. The van der Waals surface area contributed by atoms with Crippen molar-refractivity contribution in [2.24, 2.45) is 0 Å². The topological polar surface area (TPSA) is 120 Å². The van der Waals surface area contributed by atoms with Crippen LogP contribution >= 0.6 is 0 Å². The summed E-state index contributed by atoms with van der Waals surface area (Å²) in [6.45, 7) is 1.43. The van der Waals surface area contributed by atoms with E-state index < -0.39 is 41.8 Å². The van der Waals surface area contributed by atoms with Crippen molar-refractivity contribution < 1.29 is 24.5 Å². The molecule has 150 valence electrons. The van der Waals surface area contributed by atoms with Gasteiger partial charge in [0.15, 0.2) is 6.23 Å². The molecule has 1 aromatic heterocycles. The van der Waals surface area contributed by atoms with Gasteiger partial charge in [-0.05, 0) is 5.56 Å². The number of carbonyl (C=O) groups excluding carboxylic acids is 1. The second-order valence-corrected chi connectivity index (χ2v) is 6.50. The normalized spacial score (nSPS) is 24.2. The van der Waals surface area contributed by atoms with Crippen LogP contribution in [0.15, 0.2) is 52.2 Å². The number of carbonyl (C=O) groups is 1. The van der Waals surface area contributed by atoms with Gasteiger partial charge >= 0.3 is 11.7 Å². The Morgan fingerprint density at radius 2 is 1.86 bits per heavy atom. The fourth-order valence-electron chi connectivity index (χ4n) is 3.01. The van der Waals surface area contributed by atoms with Gasteiger partial charge in [0, 0.05) is 18.7 Å². The first-order valence-electron chi connectivity index (χ1n) is 8.95. The maximum absolute atomic E-state index is 12.8. The van der Waals surface area contributed by atoms with Crippen molar-refractivity contribution in [1.82, 2.24) is 9.13 Å². The van der Waals surface area contributed by atoms with E-state index in [1.165, 1.54) is 12.3 Å². The maximum atomic E-state index is 12.8. The average molecular weight is 390 g/mol. The summed E-state index contributed by atoms with van der Waals surface area (Å²) >= 11 is 0. The molecule has 0 saturated carbocycles. The van der Waals surface area contributed by atoms with Crippen LogP contribution in [0.3, 0.4) is 0 Å². The molecule has 2 aromatic rings. The summed E-state index contributed by atoms with van der Waals surface area (Å²) in [7, 11) is 0. The minimum absolute atomic E-state index is 0.0578. The van der Waals surface area contributed by atoms with Crippen molar-refractivity contribution >= 4 is 5.97 Å². The minimum atomic E-state index is -1.43. The van der Waals surface area contributed by atoms with Gasteiger partial charge in [0.25, 0.3) is 5.56 Å². The van der Waals surface area contributed by atoms with Crippen LogP contribution in [0.1, 0.15) is 25.1 Å². The molecule has 0 bridgehead atoms. The zero-order valence-electron chi connectivity index (χ0n) is 15.3. The average Bonchev–Trinajstić information content (AvgIpc) is 2.98. The number of benzene rings is 1. The molecule has 0 spiro atoms. The standard InChI is InChI=1S/C19H22N2O7/c1-2-15(23)27-11-13-16(24)17(25)18(28-13)20-9-8-14(22)21(19(20)26)10-12-6-4-3-5-7-12/h3-9,13,16-18,24-25H,2,10-11H2,1H3/t13-,16-,17-,18-/m1/s1. The highest BCUT2D eigenvalue weighted by Gasteiger charge is 2.44. The van der Waals surface area contributed by atoms with E-state index in [2.05, 4.69) is 0 Å². The predicted molar refractivity (Wildman–Crippen MR) is 97.7 cm³/mol. The summed E-state index contributed by atoms with van der Waals surface area (Å²) in [5, 5.41) is 20.5. The summed E-state index contributed by atoms with van der Waals surface area (Å²) in [6.07, 6.45) is -3.60. The number of ether oxygens (including phenoxy) is 2. The zero-order chi connectivity index (χ0) is 20.3.